The Labute approximate surface area is 119 Å². The van der Waals surface area contributed by atoms with Gasteiger partial charge in [-0.15, -0.1) is 10.2 Å². The highest BCUT2D eigenvalue weighted by molar-refractivity contribution is 5.95. The van der Waals surface area contributed by atoms with Crippen molar-refractivity contribution in [1.82, 2.24) is 25.9 Å². The van der Waals surface area contributed by atoms with Crippen LogP contribution in [-0.4, -0.2) is 57.4 Å². The maximum Gasteiger partial charge on any atom is 0.329 e. The van der Waals surface area contributed by atoms with Gasteiger partial charge in [0.2, 0.25) is 5.82 Å². The molecule has 0 spiro atoms. The zero-order chi connectivity index (χ0) is 15.1. The largest absolute Gasteiger partial charge is 0.480 e. The van der Waals surface area contributed by atoms with Crippen LogP contribution in [0, 0.1) is 0 Å². The van der Waals surface area contributed by atoms with Crippen LogP contribution in [0.25, 0.3) is 11.4 Å². The summed E-state index contributed by atoms with van der Waals surface area (Å²) in [7, 11) is 0. The van der Waals surface area contributed by atoms with E-state index in [-0.39, 0.29) is 25.7 Å². The molecule has 9 nitrogen and oxygen atoms in total. The summed E-state index contributed by atoms with van der Waals surface area (Å²) in [6.45, 7) is -0.0374. The van der Waals surface area contributed by atoms with E-state index in [1.54, 1.807) is 24.3 Å². The maximum atomic E-state index is 11.9. The molecule has 110 valence electrons. The Kier molecular flexibility index (Phi) is 4.94. The number of carboxylic acids is 1. The highest BCUT2D eigenvalue weighted by Crippen LogP contribution is 2.14. The van der Waals surface area contributed by atoms with Gasteiger partial charge >= 0.3 is 5.97 Å². The average molecular weight is 291 g/mol. The molecule has 0 bridgehead atoms. The Morgan fingerprint density at radius 1 is 1.38 bits per heavy atom. The first-order valence-electron chi connectivity index (χ1n) is 6.08. The Morgan fingerprint density at radius 2 is 2.24 bits per heavy atom. The van der Waals surface area contributed by atoms with Crippen molar-refractivity contribution in [2.45, 2.75) is 0 Å². The molecule has 1 aromatic heterocycles. The number of hydrogen-bond acceptors (Lipinski definition) is 6. The summed E-state index contributed by atoms with van der Waals surface area (Å²) < 4.78 is 4.82. The van der Waals surface area contributed by atoms with Gasteiger partial charge in [-0.1, -0.05) is 12.1 Å². The highest BCUT2D eigenvalue weighted by Gasteiger charge is 2.08. The smallest absolute Gasteiger partial charge is 0.329 e. The molecular formula is C12H13N5O4. The number of rotatable bonds is 7. The third-order valence-corrected chi connectivity index (χ3v) is 2.49. The summed E-state index contributed by atoms with van der Waals surface area (Å²) in [6, 6.07) is 6.76. The molecule has 0 aliphatic carbocycles. The lowest BCUT2D eigenvalue weighted by Gasteiger charge is -2.06. The minimum atomic E-state index is -1.05. The second-order valence-corrected chi connectivity index (χ2v) is 4.02. The van der Waals surface area contributed by atoms with Crippen molar-refractivity contribution in [3.8, 4) is 11.4 Å². The molecule has 0 fully saturated rings. The minimum Gasteiger partial charge on any atom is -0.480 e. The topological polar surface area (TPSA) is 130 Å². The van der Waals surface area contributed by atoms with Gasteiger partial charge in [-0.3, -0.25) is 4.79 Å². The Bertz CT molecular complexity index is 614. The maximum absolute atomic E-state index is 11.9. The van der Waals surface area contributed by atoms with Crippen LogP contribution < -0.4 is 5.32 Å². The van der Waals surface area contributed by atoms with Gasteiger partial charge in [0.1, 0.15) is 6.61 Å². The minimum absolute atomic E-state index is 0.128. The predicted octanol–water partition coefficient (Wildman–Crippen LogP) is -0.302. The van der Waals surface area contributed by atoms with Crippen LogP contribution in [0.1, 0.15) is 10.4 Å². The van der Waals surface area contributed by atoms with Crippen LogP contribution in [0.2, 0.25) is 0 Å². The molecular weight excluding hydrogens is 278 g/mol. The molecule has 0 unspecified atom stereocenters. The van der Waals surface area contributed by atoms with E-state index in [2.05, 4.69) is 25.9 Å². The second kappa shape index (κ2) is 7.10. The molecule has 0 aliphatic heterocycles. The van der Waals surface area contributed by atoms with Gasteiger partial charge < -0.3 is 15.2 Å². The van der Waals surface area contributed by atoms with Crippen molar-refractivity contribution in [2.24, 2.45) is 0 Å². The fourth-order valence-corrected chi connectivity index (χ4v) is 1.58. The van der Waals surface area contributed by atoms with Crippen molar-refractivity contribution in [3.63, 3.8) is 0 Å². The first-order valence-corrected chi connectivity index (χ1v) is 6.08. The summed E-state index contributed by atoms with van der Waals surface area (Å²) in [4.78, 5) is 22.2. The molecule has 2 aromatic rings. The zero-order valence-corrected chi connectivity index (χ0v) is 10.9. The second-order valence-electron chi connectivity index (χ2n) is 4.02. The predicted molar refractivity (Wildman–Crippen MR) is 70.4 cm³/mol. The lowest BCUT2D eigenvalue weighted by Crippen LogP contribution is -2.27. The average Bonchev–Trinajstić information content (AvgIpc) is 3.01. The number of carbonyl (C=O) groups excluding carboxylic acids is 1. The molecule has 1 aromatic carbocycles. The number of nitrogens with one attached hydrogen (secondary N) is 2. The third-order valence-electron chi connectivity index (χ3n) is 2.49. The number of amides is 1. The first-order chi connectivity index (χ1) is 10.2. The van der Waals surface area contributed by atoms with Crippen LogP contribution in [0.5, 0.6) is 0 Å². The number of hydrogen-bond donors (Lipinski definition) is 3. The number of ether oxygens (including phenoxy) is 1. The first kappa shape index (κ1) is 14.6. The summed E-state index contributed by atoms with van der Waals surface area (Å²) in [5.74, 6) is -0.942. The van der Waals surface area contributed by atoms with Gasteiger partial charge in [0.05, 0.1) is 6.61 Å². The molecule has 3 N–H and O–H groups in total. The third kappa shape index (κ3) is 4.35. The molecule has 0 atom stereocenters. The normalized spacial score (nSPS) is 10.3. The van der Waals surface area contributed by atoms with Crippen molar-refractivity contribution in [3.05, 3.63) is 29.8 Å². The molecule has 21 heavy (non-hydrogen) atoms. The number of carboxylic acid groups (broad SMARTS) is 1. The number of nitrogens with zero attached hydrogens (tertiary/aromatic N) is 3. The number of benzene rings is 1. The Balaban J connectivity index is 1.88. The van der Waals surface area contributed by atoms with E-state index in [4.69, 9.17) is 9.84 Å². The molecule has 1 heterocycles. The molecule has 2 rings (SSSR count). The number of aromatic nitrogens is 4. The fraction of sp³-hybridized carbons (Fsp3) is 0.250. The number of tetrazole rings is 1. The lowest BCUT2D eigenvalue weighted by atomic mass is 10.1. The number of H-pyrrole nitrogens is 1. The van der Waals surface area contributed by atoms with E-state index in [0.29, 0.717) is 17.0 Å². The molecule has 0 saturated carbocycles. The standard InChI is InChI=1S/C12H13N5O4/c18-10(19)7-21-5-4-13-12(20)9-3-1-2-8(6-9)11-14-16-17-15-11/h1-3,6H,4-5,7H2,(H,13,20)(H,18,19)(H,14,15,16,17). The lowest BCUT2D eigenvalue weighted by molar-refractivity contribution is -0.142. The van der Waals surface area contributed by atoms with E-state index < -0.39 is 5.97 Å². The Hall–Kier alpha value is -2.81. The summed E-state index contributed by atoms with van der Waals surface area (Å²) in [5.41, 5.74) is 1.11. The summed E-state index contributed by atoms with van der Waals surface area (Å²) in [6.07, 6.45) is 0. The van der Waals surface area contributed by atoms with E-state index in [9.17, 15) is 9.59 Å². The Morgan fingerprint density at radius 3 is 2.95 bits per heavy atom. The van der Waals surface area contributed by atoms with Gasteiger partial charge in [0.25, 0.3) is 5.91 Å². The number of aliphatic carboxylic acids is 1. The van der Waals surface area contributed by atoms with Crippen LogP contribution in [0.4, 0.5) is 0 Å². The van der Waals surface area contributed by atoms with Crippen LogP contribution in [0.15, 0.2) is 24.3 Å². The van der Waals surface area contributed by atoms with Gasteiger partial charge in [0.15, 0.2) is 0 Å². The van der Waals surface area contributed by atoms with Crippen molar-refractivity contribution < 1.29 is 19.4 Å². The summed E-state index contributed by atoms with van der Waals surface area (Å²) >= 11 is 0. The van der Waals surface area contributed by atoms with E-state index in [1.165, 1.54) is 0 Å². The van der Waals surface area contributed by atoms with Crippen LogP contribution in [-0.2, 0) is 9.53 Å². The van der Waals surface area contributed by atoms with E-state index >= 15 is 0 Å². The zero-order valence-electron chi connectivity index (χ0n) is 10.9. The van der Waals surface area contributed by atoms with Crippen LogP contribution >= 0.6 is 0 Å². The monoisotopic (exact) mass is 291 g/mol. The molecule has 0 saturated heterocycles. The van der Waals surface area contributed by atoms with Gasteiger partial charge in [0, 0.05) is 17.7 Å². The van der Waals surface area contributed by atoms with Crippen molar-refractivity contribution >= 4 is 11.9 Å². The van der Waals surface area contributed by atoms with Crippen molar-refractivity contribution in [1.29, 1.82) is 0 Å². The number of carbonyl (C=O) groups is 2. The summed E-state index contributed by atoms with van der Waals surface area (Å²) in [5, 5.41) is 24.5. The SMILES string of the molecule is O=C(O)COCCNC(=O)c1cccc(-c2nn[nH]n2)c1. The fourth-order valence-electron chi connectivity index (χ4n) is 1.58. The molecule has 1 amide bonds. The van der Waals surface area contributed by atoms with E-state index in [0.717, 1.165) is 0 Å². The molecule has 0 radical (unpaired) electrons. The van der Waals surface area contributed by atoms with Crippen LogP contribution in [0.3, 0.4) is 0 Å². The highest BCUT2D eigenvalue weighted by atomic mass is 16.5. The van der Waals surface area contributed by atoms with Gasteiger partial charge in [-0.25, -0.2) is 4.79 Å². The number of aromatic amines is 1. The quantitative estimate of drug-likeness (QED) is 0.597. The van der Waals surface area contributed by atoms with Gasteiger partial charge in [-0.2, -0.15) is 5.21 Å². The molecule has 0 aliphatic rings. The van der Waals surface area contributed by atoms with Crippen molar-refractivity contribution in [2.75, 3.05) is 19.8 Å². The van der Waals surface area contributed by atoms with E-state index in [1.807, 2.05) is 0 Å². The van der Waals surface area contributed by atoms with Gasteiger partial charge in [-0.05, 0) is 17.3 Å². The molecule has 9 heteroatoms.